The first-order valence-corrected chi connectivity index (χ1v) is 5.13. The third-order valence-electron chi connectivity index (χ3n) is 2.26. The van der Waals surface area contributed by atoms with E-state index < -0.39 is 0 Å². The molecular formula is C11H18N4. The van der Waals surface area contributed by atoms with Crippen molar-refractivity contribution in [2.75, 3.05) is 0 Å². The average Bonchev–Trinajstić information content (AvgIpc) is 2.89. The highest BCUT2D eigenvalue weighted by Gasteiger charge is 1.96. The SMILES string of the molecule is CCC(C)n1ccnc1.Cn1ccnc1. The number of nitrogens with zero attached hydrogens (tertiary/aromatic N) is 4. The van der Waals surface area contributed by atoms with Crippen molar-refractivity contribution in [2.24, 2.45) is 7.05 Å². The van der Waals surface area contributed by atoms with Gasteiger partial charge in [-0.25, -0.2) is 9.97 Å². The third kappa shape index (κ3) is 3.97. The van der Waals surface area contributed by atoms with Gasteiger partial charge in [-0.05, 0) is 13.3 Å². The quantitative estimate of drug-likeness (QED) is 0.755. The molecule has 0 amide bonds. The van der Waals surface area contributed by atoms with Gasteiger partial charge in [-0.3, -0.25) is 0 Å². The molecule has 0 aliphatic heterocycles. The van der Waals surface area contributed by atoms with Crippen LogP contribution in [-0.2, 0) is 7.05 Å². The zero-order chi connectivity index (χ0) is 11.1. The predicted molar refractivity (Wildman–Crippen MR) is 60.4 cm³/mol. The molecule has 0 radical (unpaired) electrons. The van der Waals surface area contributed by atoms with Gasteiger partial charge in [-0.1, -0.05) is 6.92 Å². The van der Waals surface area contributed by atoms with Crippen LogP contribution >= 0.6 is 0 Å². The normalized spacial score (nSPS) is 11.7. The molecule has 0 fully saturated rings. The van der Waals surface area contributed by atoms with Gasteiger partial charge in [0.05, 0.1) is 12.7 Å². The zero-order valence-electron chi connectivity index (χ0n) is 9.54. The number of rotatable bonds is 2. The van der Waals surface area contributed by atoms with Crippen molar-refractivity contribution < 1.29 is 0 Å². The van der Waals surface area contributed by atoms with E-state index in [0.717, 1.165) is 6.42 Å². The van der Waals surface area contributed by atoms with Crippen LogP contribution in [0.25, 0.3) is 0 Å². The maximum Gasteiger partial charge on any atom is 0.0948 e. The molecule has 15 heavy (non-hydrogen) atoms. The van der Waals surface area contributed by atoms with Crippen LogP contribution in [-0.4, -0.2) is 19.1 Å². The number of hydrogen-bond donors (Lipinski definition) is 0. The molecule has 0 saturated carbocycles. The fraction of sp³-hybridized carbons (Fsp3) is 0.455. The fourth-order valence-electron chi connectivity index (χ4n) is 1.07. The van der Waals surface area contributed by atoms with Crippen LogP contribution in [0.2, 0.25) is 0 Å². The molecule has 4 nitrogen and oxygen atoms in total. The van der Waals surface area contributed by atoms with E-state index in [9.17, 15) is 0 Å². The molecule has 1 atom stereocenters. The monoisotopic (exact) mass is 206 g/mol. The summed E-state index contributed by atoms with van der Waals surface area (Å²) in [6.45, 7) is 4.35. The lowest BCUT2D eigenvalue weighted by atomic mass is 10.3. The fourth-order valence-corrected chi connectivity index (χ4v) is 1.07. The first-order chi connectivity index (χ1) is 7.24. The van der Waals surface area contributed by atoms with Crippen LogP contribution in [0.4, 0.5) is 0 Å². The van der Waals surface area contributed by atoms with Crippen LogP contribution in [0.15, 0.2) is 37.4 Å². The van der Waals surface area contributed by atoms with E-state index in [1.807, 2.05) is 36.5 Å². The van der Waals surface area contributed by atoms with Gasteiger partial charge in [0.15, 0.2) is 0 Å². The number of hydrogen-bond acceptors (Lipinski definition) is 2. The largest absolute Gasteiger partial charge is 0.341 e. The van der Waals surface area contributed by atoms with Crippen molar-refractivity contribution >= 4 is 0 Å². The Labute approximate surface area is 90.6 Å². The minimum atomic E-state index is 0.590. The summed E-state index contributed by atoms with van der Waals surface area (Å²) in [4.78, 5) is 7.74. The molecule has 1 unspecified atom stereocenters. The summed E-state index contributed by atoms with van der Waals surface area (Å²) in [5, 5.41) is 0. The summed E-state index contributed by atoms with van der Waals surface area (Å²) in [5.41, 5.74) is 0. The highest BCUT2D eigenvalue weighted by Crippen LogP contribution is 2.06. The smallest absolute Gasteiger partial charge is 0.0948 e. The number of aromatic nitrogens is 4. The molecule has 0 N–H and O–H groups in total. The van der Waals surface area contributed by atoms with Gasteiger partial charge in [-0.2, -0.15) is 0 Å². The van der Waals surface area contributed by atoms with Gasteiger partial charge in [0, 0.05) is 37.9 Å². The van der Waals surface area contributed by atoms with Crippen LogP contribution < -0.4 is 0 Å². The maximum absolute atomic E-state index is 3.95. The molecule has 2 aromatic heterocycles. The Morgan fingerprint density at radius 2 is 1.80 bits per heavy atom. The van der Waals surface area contributed by atoms with E-state index in [2.05, 4.69) is 28.4 Å². The molecule has 2 aromatic rings. The van der Waals surface area contributed by atoms with Crippen molar-refractivity contribution in [3.63, 3.8) is 0 Å². The molecule has 82 valence electrons. The van der Waals surface area contributed by atoms with E-state index in [1.54, 1.807) is 12.5 Å². The Morgan fingerprint density at radius 1 is 1.13 bits per heavy atom. The lowest BCUT2D eigenvalue weighted by molar-refractivity contribution is 0.530. The van der Waals surface area contributed by atoms with Crippen molar-refractivity contribution in [1.82, 2.24) is 19.1 Å². The van der Waals surface area contributed by atoms with E-state index in [-0.39, 0.29) is 0 Å². The van der Waals surface area contributed by atoms with Crippen LogP contribution in [0.3, 0.4) is 0 Å². The number of aryl methyl sites for hydroxylation is 1. The van der Waals surface area contributed by atoms with Gasteiger partial charge in [0.2, 0.25) is 0 Å². The molecule has 0 aliphatic rings. The highest BCUT2D eigenvalue weighted by molar-refractivity contribution is 4.77. The molecule has 0 saturated heterocycles. The van der Waals surface area contributed by atoms with Crippen molar-refractivity contribution in [1.29, 1.82) is 0 Å². The molecule has 0 spiro atoms. The Bertz CT molecular complexity index is 337. The molecule has 2 rings (SSSR count). The van der Waals surface area contributed by atoms with E-state index in [1.165, 1.54) is 0 Å². The minimum absolute atomic E-state index is 0.590. The van der Waals surface area contributed by atoms with Crippen molar-refractivity contribution in [2.45, 2.75) is 26.3 Å². The first kappa shape index (κ1) is 11.5. The Balaban J connectivity index is 0.000000162. The molecular weight excluding hydrogens is 188 g/mol. The lowest BCUT2D eigenvalue weighted by Crippen LogP contribution is -1.99. The predicted octanol–water partition coefficient (Wildman–Crippen LogP) is 2.27. The second-order valence-corrected chi connectivity index (χ2v) is 3.50. The highest BCUT2D eigenvalue weighted by atomic mass is 15.0. The Hall–Kier alpha value is -1.58. The minimum Gasteiger partial charge on any atom is -0.341 e. The third-order valence-corrected chi connectivity index (χ3v) is 2.26. The lowest BCUT2D eigenvalue weighted by Gasteiger charge is -2.07. The van der Waals surface area contributed by atoms with Gasteiger partial charge in [0.25, 0.3) is 0 Å². The molecule has 0 bridgehead atoms. The molecule has 2 heterocycles. The van der Waals surface area contributed by atoms with Crippen LogP contribution in [0.5, 0.6) is 0 Å². The van der Waals surface area contributed by atoms with Gasteiger partial charge in [-0.15, -0.1) is 0 Å². The van der Waals surface area contributed by atoms with Crippen molar-refractivity contribution in [3.05, 3.63) is 37.4 Å². The Kier molecular flexibility index (Phi) is 4.60. The molecule has 0 aromatic carbocycles. The van der Waals surface area contributed by atoms with Crippen LogP contribution in [0.1, 0.15) is 26.3 Å². The van der Waals surface area contributed by atoms with Gasteiger partial charge >= 0.3 is 0 Å². The molecule has 0 aliphatic carbocycles. The second-order valence-electron chi connectivity index (χ2n) is 3.50. The van der Waals surface area contributed by atoms with E-state index in [0.29, 0.717) is 6.04 Å². The zero-order valence-corrected chi connectivity index (χ0v) is 9.54. The van der Waals surface area contributed by atoms with Crippen LogP contribution in [0, 0.1) is 0 Å². The summed E-state index contributed by atoms with van der Waals surface area (Å²) >= 11 is 0. The average molecular weight is 206 g/mol. The van der Waals surface area contributed by atoms with E-state index >= 15 is 0 Å². The summed E-state index contributed by atoms with van der Waals surface area (Å²) < 4.78 is 4.00. The van der Waals surface area contributed by atoms with Gasteiger partial charge < -0.3 is 9.13 Å². The molecule has 4 heteroatoms. The van der Waals surface area contributed by atoms with E-state index in [4.69, 9.17) is 0 Å². The number of imidazole rings is 2. The first-order valence-electron chi connectivity index (χ1n) is 5.13. The van der Waals surface area contributed by atoms with Crippen molar-refractivity contribution in [3.8, 4) is 0 Å². The summed E-state index contributed by atoms with van der Waals surface area (Å²) in [5.74, 6) is 0. The summed E-state index contributed by atoms with van der Waals surface area (Å²) in [7, 11) is 1.94. The standard InChI is InChI=1S/C7H12N2.C4H6N2/c1-3-7(2)9-5-4-8-6-9;1-6-3-2-5-4-6/h4-7H,3H2,1-2H3;2-4H,1H3. The summed E-state index contributed by atoms with van der Waals surface area (Å²) in [6.07, 6.45) is 12.2. The maximum atomic E-state index is 3.95. The second kappa shape index (κ2) is 6.01. The van der Waals surface area contributed by atoms with Gasteiger partial charge in [0.1, 0.15) is 0 Å². The summed E-state index contributed by atoms with van der Waals surface area (Å²) in [6, 6.07) is 0.590. The Morgan fingerprint density at radius 3 is 2.13 bits per heavy atom. The topological polar surface area (TPSA) is 35.6 Å².